The van der Waals surface area contributed by atoms with Gasteiger partial charge in [0, 0.05) is 38.4 Å². The van der Waals surface area contributed by atoms with Gasteiger partial charge in [0.25, 0.3) is 0 Å². The molecule has 0 unspecified atom stereocenters. The zero-order valence-corrected chi connectivity index (χ0v) is 13.7. The molecule has 0 bridgehead atoms. The van der Waals surface area contributed by atoms with Crippen LogP contribution in [-0.2, 0) is 4.74 Å². The van der Waals surface area contributed by atoms with Gasteiger partial charge < -0.3 is 19.4 Å². The highest BCUT2D eigenvalue weighted by Crippen LogP contribution is 2.15. The van der Waals surface area contributed by atoms with E-state index in [0.29, 0.717) is 6.61 Å². The first-order valence-electron chi connectivity index (χ1n) is 8.18. The van der Waals surface area contributed by atoms with Gasteiger partial charge in [-0.15, -0.1) is 0 Å². The van der Waals surface area contributed by atoms with Crippen molar-refractivity contribution in [2.24, 2.45) is 0 Å². The SMILES string of the molecule is CCN(CC)CCOC(=O)N1CCN(c2ccccc2)CC1. The molecule has 1 saturated heterocycles. The van der Waals surface area contributed by atoms with Crippen molar-refractivity contribution < 1.29 is 9.53 Å². The average Bonchev–Trinajstić information content (AvgIpc) is 2.59. The van der Waals surface area contributed by atoms with Crippen LogP contribution in [0.5, 0.6) is 0 Å². The number of anilines is 1. The summed E-state index contributed by atoms with van der Waals surface area (Å²) in [5, 5.41) is 0. The van der Waals surface area contributed by atoms with Crippen molar-refractivity contribution in [3.63, 3.8) is 0 Å². The zero-order valence-electron chi connectivity index (χ0n) is 13.7. The Morgan fingerprint density at radius 2 is 1.73 bits per heavy atom. The number of rotatable bonds is 6. The molecule has 0 aromatic heterocycles. The molecule has 0 atom stereocenters. The van der Waals surface area contributed by atoms with Gasteiger partial charge in [-0.3, -0.25) is 0 Å². The number of carbonyl (C=O) groups excluding carboxylic acids is 1. The highest BCUT2D eigenvalue weighted by Gasteiger charge is 2.22. The third-order valence-electron chi connectivity index (χ3n) is 4.19. The van der Waals surface area contributed by atoms with Crippen LogP contribution < -0.4 is 4.90 Å². The number of amides is 1. The van der Waals surface area contributed by atoms with Crippen molar-refractivity contribution in [2.75, 3.05) is 57.3 Å². The molecule has 122 valence electrons. The van der Waals surface area contributed by atoms with E-state index in [-0.39, 0.29) is 6.09 Å². The summed E-state index contributed by atoms with van der Waals surface area (Å²) in [4.78, 5) is 18.4. The van der Waals surface area contributed by atoms with Crippen molar-refractivity contribution >= 4 is 11.8 Å². The molecule has 1 heterocycles. The number of benzene rings is 1. The molecule has 1 fully saturated rings. The Kier molecular flexibility index (Phi) is 6.52. The fourth-order valence-electron chi connectivity index (χ4n) is 2.68. The summed E-state index contributed by atoms with van der Waals surface area (Å²) >= 11 is 0. The first-order chi connectivity index (χ1) is 10.7. The van der Waals surface area contributed by atoms with Gasteiger partial charge in [-0.1, -0.05) is 32.0 Å². The van der Waals surface area contributed by atoms with E-state index in [2.05, 4.69) is 35.8 Å². The van der Waals surface area contributed by atoms with Gasteiger partial charge in [0.15, 0.2) is 0 Å². The summed E-state index contributed by atoms with van der Waals surface area (Å²) in [6.45, 7) is 10.7. The summed E-state index contributed by atoms with van der Waals surface area (Å²) in [5.74, 6) is 0. The molecule has 1 aromatic carbocycles. The number of hydrogen-bond acceptors (Lipinski definition) is 4. The standard InChI is InChI=1S/C17H27N3O2/c1-3-18(4-2)14-15-22-17(21)20-12-10-19(11-13-20)16-8-6-5-7-9-16/h5-9H,3-4,10-15H2,1-2H3. The maximum Gasteiger partial charge on any atom is 0.409 e. The fourth-order valence-corrected chi connectivity index (χ4v) is 2.68. The van der Waals surface area contributed by atoms with E-state index in [9.17, 15) is 4.79 Å². The van der Waals surface area contributed by atoms with Gasteiger partial charge in [0.05, 0.1) is 0 Å². The zero-order chi connectivity index (χ0) is 15.8. The van der Waals surface area contributed by atoms with Crippen molar-refractivity contribution in [3.8, 4) is 0 Å². The van der Waals surface area contributed by atoms with Gasteiger partial charge in [-0.2, -0.15) is 0 Å². The second kappa shape index (κ2) is 8.63. The lowest BCUT2D eigenvalue weighted by molar-refractivity contribution is 0.0898. The van der Waals surface area contributed by atoms with Gasteiger partial charge in [-0.05, 0) is 25.2 Å². The molecule has 0 aliphatic carbocycles. The Morgan fingerprint density at radius 3 is 2.32 bits per heavy atom. The van der Waals surface area contributed by atoms with Crippen LogP contribution in [0.25, 0.3) is 0 Å². The third kappa shape index (κ3) is 4.63. The predicted molar refractivity (Wildman–Crippen MR) is 89.4 cm³/mol. The van der Waals surface area contributed by atoms with E-state index in [1.165, 1.54) is 5.69 Å². The van der Waals surface area contributed by atoms with E-state index >= 15 is 0 Å². The number of hydrogen-bond donors (Lipinski definition) is 0. The Balaban J connectivity index is 1.71. The highest BCUT2D eigenvalue weighted by molar-refractivity contribution is 5.68. The molecule has 0 N–H and O–H groups in total. The molecule has 0 radical (unpaired) electrons. The normalized spacial score (nSPS) is 15.2. The number of piperazine rings is 1. The van der Waals surface area contributed by atoms with Gasteiger partial charge in [0.2, 0.25) is 0 Å². The van der Waals surface area contributed by atoms with Crippen LogP contribution in [0, 0.1) is 0 Å². The molecule has 0 saturated carbocycles. The van der Waals surface area contributed by atoms with Crippen molar-refractivity contribution in [1.29, 1.82) is 0 Å². The van der Waals surface area contributed by atoms with E-state index in [1.54, 1.807) is 0 Å². The average molecular weight is 305 g/mol. The molecule has 2 rings (SSSR count). The van der Waals surface area contributed by atoms with Crippen molar-refractivity contribution in [2.45, 2.75) is 13.8 Å². The molecule has 5 heteroatoms. The molecule has 1 aromatic rings. The minimum atomic E-state index is -0.181. The number of likely N-dealkylation sites (N-methyl/N-ethyl adjacent to an activating group) is 1. The minimum Gasteiger partial charge on any atom is -0.448 e. The van der Waals surface area contributed by atoms with Gasteiger partial charge >= 0.3 is 6.09 Å². The molecule has 1 aliphatic rings. The molecule has 1 amide bonds. The van der Waals surface area contributed by atoms with Crippen LogP contribution in [0.1, 0.15) is 13.8 Å². The quantitative estimate of drug-likeness (QED) is 0.808. The minimum absolute atomic E-state index is 0.181. The van der Waals surface area contributed by atoms with Crippen LogP contribution in [0.4, 0.5) is 10.5 Å². The van der Waals surface area contributed by atoms with E-state index in [1.807, 2.05) is 23.1 Å². The number of ether oxygens (including phenoxy) is 1. The lowest BCUT2D eigenvalue weighted by Gasteiger charge is -2.35. The van der Waals surface area contributed by atoms with Crippen LogP contribution in [0.3, 0.4) is 0 Å². The Labute approximate surface area is 133 Å². The Bertz CT molecular complexity index is 440. The summed E-state index contributed by atoms with van der Waals surface area (Å²) < 4.78 is 5.38. The van der Waals surface area contributed by atoms with Crippen LogP contribution >= 0.6 is 0 Å². The summed E-state index contributed by atoms with van der Waals surface area (Å²) in [6.07, 6.45) is -0.181. The Morgan fingerprint density at radius 1 is 1.09 bits per heavy atom. The molecule has 5 nitrogen and oxygen atoms in total. The Hall–Kier alpha value is -1.75. The van der Waals surface area contributed by atoms with Crippen molar-refractivity contribution in [1.82, 2.24) is 9.80 Å². The molecule has 22 heavy (non-hydrogen) atoms. The molecular formula is C17H27N3O2. The van der Waals surface area contributed by atoms with Crippen LogP contribution in [-0.4, -0.2) is 68.3 Å². The highest BCUT2D eigenvalue weighted by atomic mass is 16.6. The maximum absolute atomic E-state index is 12.1. The van der Waals surface area contributed by atoms with E-state index in [4.69, 9.17) is 4.74 Å². The summed E-state index contributed by atoms with van der Waals surface area (Å²) in [5.41, 5.74) is 1.22. The monoisotopic (exact) mass is 305 g/mol. The third-order valence-corrected chi connectivity index (χ3v) is 4.19. The number of nitrogens with zero attached hydrogens (tertiary/aromatic N) is 3. The van der Waals surface area contributed by atoms with Gasteiger partial charge in [0.1, 0.15) is 6.61 Å². The topological polar surface area (TPSA) is 36.0 Å². The lowest BCUT2D eigenvalue weighted by Crippen LogP contribution is -2.49. The maximum atomic E-state index is 12.1. The number of carbonyl (C=O) groups is 1. The van der Waals surface area contributed by atoms with E-state index in [0.717, 1.165) is 45.8 Å². The largest absolute Gasteiger partial charge is 0.448 e. The van der Waals surface area contributed by atoms with E-state index < -0.39 is 0 Å². The smallest absolute Gasteiger partial charge is 0.409 e. The first-order valence-corrected chi connectivity index (χ1v) is 8.18. The van der Waals surface area contributed by atoms with Crippen LogP contribution in [0.15, 0.2) is 30.3 Å². The summed E-state index contributed by atoms with van der Waals surface area (Å²) in [7, 11) is 0. The molecule has 1 aliphatic heterocycles. The second-order valence-corrected chi connectivity index (χ2v) is 5.45. The second-order valence-electron chi connectivity index (χ2n) is 5.45. The lowest BCUT2D eigenvalue weighted by atomic mass is 10.2. The molecular weight excluding hydrogens is 278 g/mol. The molecule has 0 spiro atoms. The number of para-hydroxylation sites is 1. The van der Waals surface area contributed by atoms with Gasteiger partial charge in [-0.25, -0.2) is 4.79 Å². The van der Waals surface area contributed by atoms with Crippen LogP contribution in [0.2, 0.25) is 0 Å². The van der Waals surface area contributed by atoms with Crippen molar-refractivity contribution in [3.05, 3.63) is 30.3 Å². The first kappa shape index (κ1) is 16.6. The summed E-state index contributed by atoms with van der Waals surface area (Å²) in [6, 6.07) is 10.3. The fraction of sp³-hybridized carbons (Fsp3) is 0.588. The predicted octanol–water partition coefficient (Wildman–Crippen LogP) is 2.29.